The predicted molar refractivity (Wildman–Crippen MR) is 127 cm³/mol. The lowest BCUT2D eigenvalue weighted by Gasteiger charge is -2.35. The van der Waals surface area contributed by atoms with E-state index in [9.17, 15) is 19.7 Å². The van der Waals surface area contributed by atoms with Crippen LogP contribution in [0.4, 0.5) is 11.4 Å². The molecule has 0 saturated carbocycles. The van der Waals surface area contributed by atoms with Crippen LogP contribution in [0.3, 0.4) is 0 Å². The fourth-order valence-corrected chi connectivity index (χ4v) is 3.98. The first kappa shape index (κ1) is 23.0. The molecule has 0 atom stereocenters. The van der Waals surface area contributed by atoms with Crippen LogP contribution >= 0.6 is 0 Å². The van der Waals surface area contributed by atoms with Crippen molar-refractivity contribution < 1.29 is 14.5 Å². The number of benzene rings is 2. The Morgan fingerprint density at radius 2 is 1.76 bits per heavy atom. The van der Waals surface area contributed by atoms with Gasteiger partial charge in [0.1, 0.15) is 5.69 Å². The van der Waals surface area contributed by atoms with Crippen LogP contribution in [-0.4, -0.2) is 57.4 Å². The molecule has 0 aliphatic carbocycles. The second-order valence-corrected chi connectivity index (χ2v) is 8.19. The molecular weight excluding hydrogens is 436 g/mol. The van der Waals surface area contributed by atoms with Gasteiger partial charge in [-0.05, 0) is 23.3 Å². The van der Waals surface area contributed by atoms with E-state index in [1.807, 2.05) is 39.9 Å². The van der Waals surface area contributed by atoms with Crippen molar-refractivity contribution in [2.45, 2.75) is 20.0 Å². The van der Waals surface area contributed by atoms with Crippen molar-refractivity contribution in [3.8, 4) is 0 Å². The molecule has 1 fully saturated rings. The number of nitro benzene ring substituents is 1. The highest BCUT2D eigenvalue weighted by atomic mass is 16.6. The number of rotatable bonds is 7. The molecule has 176 valence electrons. The Labute approximate surface area is 197 Å². The number of hydrogen-bond acceptors (Lipinski definition) is 6. The van der Waals surface area contributed by atoms with E-state index < -0.39 is 4.92 Å². The van der Waals surface area contributed by atoms with E-state index >= 15 is 0 Å². The zero-order valence-corrected chi connectivity index (χ0v) is 18.9. The van der Waals surface area contributed by atoms with E-state index in [2.05, 4.69) is 10.3 Å². The molecule has 0 unspecified atom stereocenters. The van der Waals surface area contributed by atoms with Gasteiger partial charge >= 0.3 is 0 Å². The smallest absolute Gasteiger partial charge is 0.293 e. The molecule has 34 heavy (non-hydrogen) atoms. The Bertz CT molecular complexity index is 1170. The number of carbonyl (C=O) groups is 2. The SMILES string of the molecule is CC(=O)N1CCN(c2ccc(C(=O)NCc3ccc(Cn4ccnc4)cc3)cc2[N+](=O)[O-])CC1. The van der Waals surface area contributed by atoms with Gasteiger partial charge < -0.3 is 19.7 Å². The fraction of sp³-hybridized carbons (Fsp3) is 0.292. The molecule has 1 N–H and O–H groups in total. The van der Waals surface area contributed by atoms with Gasteiger partial charge in [0.25, 0.3) is 11.6 Å². The van der Waals surface area contributed by atoms with Crippen LogP contribution < -0.4 is 10.2 Å². The van der Waals surface area contributed by atoms with Gasteiger partial charge in [-0.2, -0.15) is 0 Å². The summed E-state index contributed by atoms with van der Waals surface area (Å²) in [5, 5.41) is 14.5. The molecule has 1 aliphatic heterocycles. The van der Waals surface area contributed by atoms with Gasteiger partial charge in [-0.25, -0.2) is 4.98 Å². The maximum atomic E-state index is 12.7. The topological polar surface area (TPSA) is 114 Å². The Balaban J connectivity index is 1.38. The number of nitrogens with one attached hydrogen (secondary N) is 1. The minimum atomic E-state index is -0.470. The molecule has 2 amide bonds. The number of carbonyl (C=O) groups excluding carboxylic acids is 2. The van der Waals surface area contributed by atoms with Crippen molar-refractivity contribution in [2.24, 2.45) is 0 Å². The number of piperazine rings is 1. The van der Waals surface area contributed by atoms with Gasteiger partial charge in [0.05, 0.1) is 11.3 Å². The highest BCUT2D eigenvalue weighted by Gasteiger charge is 2.25. The van der Waals surface area contributed by atoms with Crippen LogP contribution in [0.1, 0.15) is 28.4 Å². The number of imidazole rings is 1. The van der Waals surface area contributed by atoms with E-state index in [-0.39, 0.29) is 23.1 Å². The van der Waals surface area contributed by atoms with Crippen molar-refractivity contribution in [1.82, 2.24) is 19.8 Å². The van der Waals surface area contributed by atoms with Gasteiger partial charge in [0.15, 0.2) is 0 Å². The summed E-state index contributed by atoms with van der Waals surface area (Å²) in [5.74, 6) is -0.382. The molecule has 2 aromatic carbocycles. The van der Waals surface area contributed by atoms with Crippen LogP contribution in [0.25, 0.3) is 0 Å². The van der Waals surface area contributed by atoms with E-state index in [0.29, 0.717) is 45.0 Å². The summed E-state index contributed by atoms with van der Waals surface area (Å²) in [7, 11) is 0. The van der Waals surface area contributed by atoms with Gasteiger partial charge in [0.2, 0.25) is 5.91 Å². The highest BCUT2D eigenvalue weighted by Crippen LogP contribution is 2.30. The van der Waals surface area contributed by atoms with E-state index in [4.69, 9.17) is 0 Å². The van der Waals surface area contributed by atoms with Gasteiger partial charge in [-0.1, -0.05) is 24.3 Å². The average Bonchev–Trinajstić information content (AvgIpc) is 3.36. The van der Waals surface area contributed by atoms with Gasteiger partial charge in [-0.15, -0.1) is 0 Å². The lowest BCUT2D eigenvalue weighted by molar-refractivity contribution is -0.384. The Morgan fingerprint density at radius 3 is 2.38 bits per heavy atom. The zero-order valence-electron chi connectivity index (χ0n) is 18.9. The number of anilines is 1. The van der Waals surface area contributed by atoms with Gasteiger partial charge in [-0.3, -0.25) is 19.7 Å². The van der Waals surface area contributed by atoms with Crippen molar-refractivity contribution in [3.05, 3.63) is 88.0 Å². The molecular formula is C24H26N6O4. The molecule has 2 heterocycles. The molecule has 0 radical (unpaired) electrons. The third-order valence-electron chi connectivity index (χ3n) is 5.90. The van der Waals surface area contributed by atoms with Crippen LogP contribution in [0.2, 0.25) is 0 Å². The average molecular weight is 463 g/mol. The Morgan fingerprint density at radius 1 is 1.06 bits per heavy atom. The molecule has 0 spiro atoms. The van der Waals surface area contributed by atoms with Crippen LogP contribution in [0.15, 0.2) is 61.2 Å². The van der Waals surface area contributed by atoms with Gasteiger partial charge in [0, 0.05) is 70.2 Å². The molecule has 1 aromatic heterocycles. The number of nitrogens with zero attached hydrogens (tertiary/aromatic N) is 5. The zero-order chi connectivity index (χ0) is 24.1. The molecule has 10 heteroatoms. The van der Waals surface area contributed by atoms with E-state index in [1.54, 1.807) is 29.6 Å². The van der Waals surface area contributed by atoms with Crippen molar-refractivity contribution in [3.63, 3.8) is 0 Å². The number of amides is 2. The molecule has 10 nitrogen and oxygen atoms in total. The summed E-state index contributed by atoms with van der Waals surface area (Å²) >= 11 is 0. The minimum absolute atomic E-state index is 0.00555. The van der Waals surface area contributed by atoms with Crippen LogP contribution in [0.5, 0.6) is 0 Å². The molecule has 4 rings (SSSR count). The largest absolute Gasteiger partial charge is 0.362 e. The molecule has 1 aliphatic rings. The second kappa shape index (κ2) is 10.2. The summed E-state index contributed by atoms with van der Waals surface area (Å²) in [6.45, 7) is 4.57. The lowest BCUT2D eigenvalue weighted by Crippen LogP contribution is -2.48. The van der Waals surface area contributed by atoms with E-state index in [1.165, 1.54) is 13.0 Å². The maximum Gasteiger partial charge on any atom is 0.293 e. The molecule has 3 aromatic rings. The maximum absolute atomic E-state index is 12.7. The standard InChI is InChI=1S/C24H26N6O4/c1-18(31)28-10-12-29(13-11-28)22-7-6-21(14-23(22)30(33)34)24(32)26-15-19-2-4-20(5-3-19)16-27-9-8-25-17-27/h2-9,14,17H,10-13,15-16H2,1H3,(H,26,32). The van der Waals surface area contributed by atoms with Crippen molar-refractivity contribution in [2.75, 3.05) is 31.1 Å². The minimum Gasteiger partial charge on any atom is -0.362 e. The summed E-state index contributed by atoms with van der Waals surface area (Å²) in [5.41, 5.74) is 2.61. The number of hydrogen-bond donors (Lipinski definition) is 1. The first-order valence-electron chi connectivity index (χ1n) is 11.0. The summed E-state index contributed by atoms with van der Waals surface area (Å²) in [6, 6.07) is 12.4. The van der Waals surface area contributed by atoms with Crippen molar-refractivity contribution >= 4 is 23.2 Å². The Hall–Kier alpha value is -4.21. The number of nitro groups is 1. The summed E-state index contributed by atoms with van der Waals surface area (Å²) in [6.07, 6.45) is 5.38. The monoisotopic (exact) mass is 462 g/mol. The summed E-state index contributed by atoms with van der Waals surface area (Å²) in [4.78, 5) is 43.1. The second-order valence-electron chi connectivity index (χ2n) is 8.19. The number of aromatic nitrogens is 2. The predicted octanol–water partition coefficient (Wildman–Crippen LogP) is 2.44. The first-order chi connectivity index (χ1) is 16.4. The summed E-state index contributed by atoms with van der Waals surface area (Å²) < 4.78 is 1.97. The fourth-order valence-electron chi connectivity index (χ4n) is 3.98. The quantitative estimate of drug-likeness (QED) is 0.426. The van der Waals surface area contributed by atoms with Crippen molar-refractivity contribution in [1.29, 1.82) is 0 Å². The molecule has 0 bridgehead atoms. The Kier molecular flexibility index (Phi) is 6.86. The first-order valence-corrected chi connectivity index (χ1v) is 11.0. The van der Waals surface area contributed by atoms with Crippen LogP contribution in [0, 0.1) is 10.1 Å². The lowest BCUT2D eigenvalue weighted by atomic mass is 10.1. The van der Waals surface area contributed by atoms with E-state index in [0.717, 1.165) is 11.1 Å². The third-order valence-corrected chi connectivity index (χ3v) is 5.90. The normalized spacial score (nSPS) is 13.6. The highest BCUT2D eigenvalue weighted by molar-refractivity contribution is 5.95. The molecule has 1 saturated heterocycles. The van der Waals surface area contributed by atoms with Crippen LogP contribution in [-0.2, 0) is 17.9 Å². The third kappa shape index (κ3) is 5.40.